The Balaban J connectivity index is 0. The average molecular weight is 692 g/mol. The minimum Gasteiger partial charge on any atom is 0 e. The minimum atomic E-state index is 0. The Morgan fingerprint density at radius 2 is 1.11 bits per heavy atom. The molecule has 0 aliphatic heterocycles. The van der Waals surface area contributed by atoms with Crippen LogP contribution in [0, 0.1) is 0 Å². The number of hydrogen-bond acceptors (Lipinski definition) is 0. The van der Waals surface area contributed by atoms with Gasteiger partial charge in [-0.05, 0) is 0 Å². The topological polar surface area (TPSA) is 0 Å². The van der Waals surface area contributed by atoms with Gasteiger partial charge in [-0.1, -0.05) is 0 Å². The molecule has 0 unspecified atom stereocenters. The van der Waals surface area contributed by atoms with Gasteiger partial charge in [0.05, 0.1) is 0 Å². The van der Waals surface area contributed by atoms with Gasteiger partial charge in [-0.3, -0.25) is 0 Å². The smallest absolute Gasteiger partial charge is 0 e. The van der Waals surface area contributed by atoms with Gasteiger partial charge in [-0.2, -0.15) is 0 Å². The average Bonchev–Trinajstić information content (AvgIpc) is 0. The molecule has 0 aliphatic carbocycles. The summed E-state index contributed by atoms with van der Waals surface area (Å²) in [7, 11) is 0. The first-order valence-electron chi connectivity index (χ1n) is 0. The molecule has 0 fully saturated rings. The Kier molecular flexibility index (Phi) is 533. The Morgan fingerprint density at radius 1 is 1.11 bits per heavy atom. The maximum Gasteiger partial charge on any atom is 0 e. The van der Waals surface area contributed by atoms with Crippen LogP contribution in [0.3, 0.4) is 0 Å². The summed E-state index contributed by atoms with van der Waals surface area (Å²) in [6, 6.07) is 0. The van der Waals surface area contributed by atoms with Crippen LogP contribution in [-0.4, -0.2) is 88.1 Å². The number of rotatable bonds is 0. The van der Waals surface area contributed by atoms with Crippen molar-refractivity contribution in [1.29, 1.82) is 0 Å². The molecule has 55 valence electrons. The second-order valence-corrected chi connectivity index (χ2v) is 0. The summed E-state index contributed by atoms with van der Waals surface area (Å²) in [5.74, 6) is 0. The quantitative estimate of drug-likeness (QED) is 0.279. The summed E-state index contributed by atoms with van der Waals surface area (Å²) in [4.78, 5) is 0. The predicted molar refractivity (Wildman–Crippen MR) is 24.5 cm³/mol. The molecule has 0 amide bonds. The van der Waals surface area contributed by atoms with E-state index in [-0.39, 0.29) is 208 Å². The van der Waals surface area contributed by atoms with E-state index >= 15 is 0 Å². The molecule has 0 rings (SSSR count). The third-order valence-corrected chi connectivity index (χ3v) is 0. The molecular weight excluding hydrogens is 685 g/mol. The van der Waals surface area contributed by atoms with E-state index in [0.717, 1.165) is 0 Å². The van der Waals surface area contributed by atoms with E-state index in [0.29, 0.717) is 0 Å². The molecule has 0 heterocycles. The van der Waals surface area contributed by atoms with Crippen molar-refractivity contribution in [2.45, 2.75) is 0 Å². The minimum absolute atomic E-state index is 0. The number of hydrogen-bond donors (Lipinski definition) is 0. The van der Waals surface area contributed by atoms with E-state index in [1.54, 1.807) is 0 Å². The van der Waals surface area contributed by atoms with Crippen LogP contribution in [0.5, 0.6) is 0 Å². The molecule has 0 aliphatic rings. The van der Waals surface area contributed by atoms with Gasteiger partial charge in [0.2, 0.25) is 0 Å². The largest absolute Gasteiger partial charge is 0 e. The second kappa shape index (κ2) is 62.4. The molecule has 0 N–H and O–H groups in total. The second-order valence-electron chi connectivity index (χ2n) is 0. The van der Waals surface area contributed by atoms with Gasteiger partial charge in [-0.25, -0.2) is 0 Å². The molecule has 0 bridgehead atoms. The zero-order valence-corrected chi connectivity index (χ0v) is 25.1. The Morgan fingerprint density at radius 3 is 1.11 bits per heavy atom. The van der Waals surface area contributed by atoms with Crippen LogP contribution in [0.4, 0.5) is 0 Å². The fourth-order valence-electron chi connectivity index (χ4n) is 0. The van der Waals surface area contributed by atoms with Gasteiger partial charge >= 0.3 is 88.1 Å². The Labute approximate surface area is 203 Å². The molecule has 0 aromatic heterocycles. The van der Waals surface area contributed by atoms with Gasteiger partial charge in [0.1, 0.15) is 0 Å². The van der Waals surface area contributed by atoms with E-state index in [2.05, 4.69) is 0 Å². The summed E-state index contributed by atoms with van der Waals surface area (Å²) >= 11 is 0. The fourth-order valence-corrected chi connectivity index (χ4v) is 0. The molecule has 0 aromatic carbocycles. The summed E-state index contributed by atoms with van der Waals surface area (Å²) in [6.07, 6.45) is 0. The third-order valence-electron chi connectivity index (χ3n) is 0. The van der Waals surface area contributed by atoms with Crippen LogP contribution in [0.25, 0.3) is 0 Å². The van der Waals surface area contributed by atoms with Crippen LogP contribution in [0.2, 0.25) is 0 Å². The molecule has 0 atom stereocenters. The Hall–Kier alpha value is 6.53. The van der Waals surface area contributed by atoms with Crippen molar-refractivity contribution in [1.82, 2.24) is 0 Å². The first-order valence-corrected chi connectivity index (χ1v) is 0. The molecule has 0 saturated heterocycles. The summed E-state index contributed by atoms with van der Waals surface area (Å²) in [6.45, 7) is 0. The molecule has 0 spiro atoms. The van der Waals surface area contributed by atoms with Crippen molar-refractivity contribution in [2.75, 3.05) is 0 Å². The Bertz CT molecular complexity index is 40.1. The van der Waals surface area contributed by atoms with Crippen LogP contribution in [-0.2, 0) is 114 Å². The van der Waals surface area contributed by atoms with Crippen LogP contribution in [0.15, 0.2) is 0 Å². The van der Waals surface area contributed by atoms with Gasteiger partial charge in [0.15, 0.2) is 0 Å². The summed E-state index contributed by atoms with van der Waals surface area (Å²) in [5, 5.41) is 0. The molecule has 5 radical (unpaired) electrons. The van der Waals surface area contributed by atoms with Crippen LogP contribution in [0.1, 0.15) is 5.71 Å². The zero-order valence-electron chi connectivity index (χ0n) is 8.86. The molecular formula is H6CaCdCoCuMgMnNiPbZn. The molecule has 9 heteroatoms. The van der Waals surface area contributed by atoms with E-state index in [1.807, 2.05) is 0 Å². The van der Waals surface area contributed by atoms with E-state index in [4.69, 9.17) is 0 Å². The fraction of sp³-hybridized carbons (Fsp3) is 0. The van der Waals surface area contributed by atoms with Crippen molar-refractivity contribution >= 4 is 88.1 Å². The first kappa shape index (κ1) is 76.9. The summed E-state index contributed by atoms with van der Waals surface area (Å²) in [5.41, 5.74) is 0. The zero-order chi connectivity index (χ0) is 0. The van der Waals surface area contributed by atoms with Gasteiger partial charge in [0.25, 0.3) is 0 Å². The first-order chi connectivity index (χ1) is 0. The van der Waals surface area contributed by atoms with Crippen LogP contribution >= 0.6 is 0 Å². The standard InChI is InChI=1S/Ca.Cd.Co.Cu.Mg.Mn.Ni.Pb.Zn.6H/q+2;;;;+2;;;;;;;4*-1. The van der Waals surface area contributed by atoms with Crippen molar-refractivity contribution in [3.05, 3.63) is 0 Å². The normalized spacial score (nSPS) is 0. The SMILES string of the molecule is [Ca+2].[Cd].[Co].[Cu].[H-].[H-].[H-].[H-].[Mg+2].[Mn].[Ni].[PbH2].[Zn]. The molecule has 0 nitrogen and oxygen atoms in total. The van der Waals surface area contributed by atoms with E-state index in [9.17, 15) is 0 Å². The molecule has 0 aromatic rings. The third kappa shape index (κ3) is 53.5. The van der Waals surface area contributed by atoms with E-state index < -0.39 is 0 Å². The van der Waals surface area contributed by atoms with Gasteiger partial charge in [-0.15, -0.1) is 0 Å². The molecule has 9 heavy (non-hydrogen) atoms. The van der Waals surface area contributed by atoms with E-state index in [1.165, 1.54) is 0 Å². The van der Waals surface area contributed by atoms with Crippen molar-refractivity contribution < 1.29 is 120 Å². The maximum absolute atomic E-state index is 0. The van der Waals surface area contributed by atoms with Crippen LogP contribution < -0.4 is 0 Å². The molecule has 0 saturated carbocycles. The van der Waals surface area contributed by atoms with Crippen molar-refractivity contribution in [2.24, 2.45) is 0 Å². The van der Waals surface area contributed by atoms with Crippen molar-refractivity contribution in [3.8, 4) is 0 Å². The summed E-state index contributed by atoms with van der Waals surface area (Å²) < 4.78 is 0. The van der Waals surface area contributed by atoms with Crippen molar-refractivity contribution in [3.63, 3.8) is 0 Å². The van der Waals surface area contributed by atoms with Gasteiger partial charge in [0, 0.05) is 114 Å². The van der Waals surface area contributed by atoms with Gasteiger partial charge < -0.3 is 5.71 Å². The monoisotopic (exact) mass is 691 g/mol. The predicted octanol–water partition coefficient (Wildman–Crippen LogP) is -1.24. The maximum atomic E-state index is 0.